The maximum absolute atomic E-state index is 11.9. The Kier molecular flexibility index (Phi) is 6.77. The Morgan fingerprint density at radius 2 is 1.80 bits per heavy atom. The number of amides is 1. The maximum atomic E-state index is 11.9. The Hall–Kier alpha value is -1.84. The molecule has 0 heterocycles. The van der Waals surface area contributed by atoms with E-state index in [1.807, 2.05) is 20.8 Å². The molecule has 0 radical (unpaired) electrons. The summed E-state index contributed by atoms with van der Waals surface area (Å²) in [5.41, 5.74) is 0.617. The highest BCUT2D eigenvalue weighted by Crippen LogP contribution is 2.14. The monoisotopic (exact) mass is 277 g/mol. The minimum atomic E-state index is -0.0868. The molecule has 20 heavy (non-hydrogen) atoms. The predicted octanol–water partition coefficient (Wildman–Crippen LogP) is 2.96. The van der Waals surface area contributed by atoms with Crippen molar-refractivity contribution in [3.05, 3.63) is 29.8 Å². The van der Waals surface area contributed by atoms with Gasteiger partial charge in [0.1, 0.15) is 5.75 Å². The molecular formula is C16H23NO3. The third kappa shape index (κ3) is 5.87. The van der Waals surface area contributed by atoms with E-state index in [2.05, 4.69) is 5.32 Å². The zero-order valence-corrected chi connectivity index (χ0v) is 12.4. The van der Waals surface area contributed by atoms with Crippen LogP contribution in [0.1, 0.15) is 50.4 Å². The summed E-state index contributed by atoms with van der Waals surface area (Å²) in [6, 6.07) is 7.17. The standard InChI is InChI=1S/C16H23NO3/c1-4-11-20-14-7-5-13(6-8-14)15(18)9-10-16(19)17-12(2)3/h5-8,12H,4,9-11H2,1-3H3,(H,17,19). The van der Waals surface area contributed by atoms with Crippen molar-refractivity contribution in [2.45, 2.75) is 46.1 Å². The van der Waals surface area contributed by atoms with Gasteiger partial charge in [0.15, 0.2) is 5.78 Å². The van der Waals surface area contributed by atoms with Crippen molar-refractivity contribution >= 4 is 11.7 Å². The lowest BCUT2D eigenvalue weighted by Gasteiger charge is -2.08. The van der Waals surface area contributed by atoms with Crippen molar-refractivity contribution in [2.75, 3.05) is 6.61 Å². The van der Waals surface area contributed by atoms with Gasteiger partial charge in [0.05, 0.1) is 6.61 Å². The summed E-state index contributed by atoms with van der Waals surface area (Å²) in [6.07, 6.45) is 1.41. The zero-order chi connectivity index (χ0) is 15.0. The first-order valence-corrected chi connectivity index (χ1v) is 7.08. The number of carbonyl (C=O) groups excluding carboxylic acids is 2. The Morgan fingerprint density at radius 1 is 1.15 bits per heavy atom. The third-order valence-electron chi connectivity index (χ3n) is 2.68. The molecule has 1 amide bonds. The van der Waals surface area contributed by atoms with Crippen LogP contribution < -0.4 is 10.1 Å². The first kappa shape index (κ1) is 16.2. The van der Waals surface area contributed by atoms with Gasteiger partial charge in [-0.15, -0.1) is 0 Å². The molecule has 4 heteroatoms. The summed E-state index contributed by atoms with van der Waals surface area (Å²) >= 11 is 0. The number of Topliss-reactive ketones (excluding diaryl/α,β-unsaturated/α-hetero) is 1. The maximum Gasteiger partial charge on any atom is 0.220 e. The van der Waals surface area contributed by atoms with Gasteiger partial charge in [-0.1, -0.05) is 6.92 Å². The van der Waals surface area contributed by atoms with Crippen LogP contribution >= 0.6 is 0 Å². The van der Waals surface area contributed by atoms with Crippen LogP contribution in [0.25, 0.3) is 0 Å². The molecule has 0 aliphatic carbocycles. The topological polar surface area (TPSA) is 55.4 Å². The fourth-order valence-electron chi connectivity index (χ4n) is 1.72. The molecule has 1 N–H and O–H groups in total. The fraction of sp³-hybridized carbons (Fsp3) is 0.500. The number of nitrogens with one attached hydrogen (secondary N) is 1. The number of benzene rings is 1. The summed E-state index contributed by atoms with van der Waals surface area (Å²) in [7, 11) is 0. The molecule has 1 rings (SSSR count). The number of hydrogen-bond acceptors (Lipinski definition) is 3. The zero-order valence-electron chi connectivity index (χ0n) is 12.4. The molecular weight excluding hydrogens is 254 g/mol. The van der Waals surface area contributed by atoms with E-state index < -0.39 is 0 Å². The van der Waals surface area contributed by atoms with Crippen LogP contribution in [-0.4, -0.2) is 24.3 Å². The molecule has 0 spiro atoms. The Bertz CT molecular complexity index is 438. The van der Waals surface area contributed by atoms with E-state index in [9.17, 15) is 9.59 Å². The van der Waals surface area contributed by atoms with Gasteiger partial charge >= 0.3 is 0 Å². The number of hydrogen-bond donors (Lipinski definition) is 1. The molecule has 4 nitrogen and oxygen atoms in total. The quantitative estimate of drug-likeness (QED) is 0.743. The number of carbonyl (C=O) groups is 2. The van der Waals surface area contributed by atoms with Gasteiger partial charge in [-0.05, 0) is 44.5 Å². The molecule has 0 aliphatic rings. The lowest BCUT2D eigenvalue weighted by Crippen LogP contribution is -2.30. The second kappa shape index (κ2) is 8.35. The smallest absolute Gasteiger partial charge is 0.220 e. The second-order valence-corrected chi connectivity index (χ2v) is 5.02. The Balaban J connectivity index is 2.45. The lowest BCUT2D eigenvalue weighted by atomic mass is 10.1. The van der Waals surface area contributed by atoms with Crippen LogP contribution in [0.2, 0.25) is 0 Å². The van der Waals surface area contributed by atoms with Crippen molar-refractivity contribution in [1.82, 2.24) is 5.32 Å². The van der Waals surface area contributed by atoms with Crippen LogP contribution in [0.3, 0.4) is 0 Å². The van der Waals surface area contributed by atoms with Gasteiger partial charge in [-0.2, -0.15) is 0 Å². The highest BCUT2D eigenvalue weighted by atomic mass is 16.5. The average molecular weight is 277 g/mol. The fourth-order valence-corrected chi connectivity index (χ4v) is 1.72. The molecule has 1 aromatic carbocycles. The highest BCUT2D eigenvalue weighted by Gasteiger charge is 2.10. The molecule has 1 aromatic rings. The lowest BCUT2D eigenvalue weighted by molar-refractivity contribution is -0.121. The van der Waals surface area contributed by atoms with Crippen molar-refractivity contribution in [3.8, 4) is 5.75 Å². The number of ether oxygens (including phenoxy) is 1. The predicted molar refractivity (Wildman–Crippen MR) is 79.1 cm³/mol. The van der Waals surface area contributed by atoms with Crippen molar-refractivity contribution in [1.29, 1.82) is 0 Å². The second-order valence-electron chi connectivity index (χ2n) is 5.02. The molecule has 0 aromatic heterocycles. The summed E-state index contributed by atoms with van der Waals surface area (Å²) in [6.45, 7) is 6.51. The van der Waals surface area contributed by atoms with Crippen molar-refractivity contribution in [2.24, 2.45) is 0 Å². The minimum absolute atomic E-state index is 0.0223. The third-order valence-corrected chi connectivity index (χ3v) is 2.68. The van der Waals surface area contributed by atoms with E-state index in [1.165, 1.54) is 0 Å². The molecule has 0 saturated heterocycles. The van der Waals surface area contributed by atoms with E-state index in [1.54, 1.807) is 24.3 Å². The largest absolute Gasteiger partial charge is 0.494 e. The SMILES string of the molecule is CCCOc1ccc(C(=O)CCC(=O)NC(C)C)cc1. The van der Waals surface area contributed by atoms with Crippen LogP contribution in [-0.2, 0) is 4.79 Å². The van der Waals surface area contributed by atoms with Crippen LogP contribution in [0.15, 0.2) is 24.3 Å². The highest BCUT2D eigenvalue weighted by molar-refractivity contribution is 5.98. The first-order chi connectivity index (χ1) is 9.52. The molecule has 0 unspecified atom stereocenters. The van der Waals surface area contributed by atoms with E-state index in [0.29, 0.717) is 12.2 Å². The van der Waals surface area contributed by atoms with Crippen LogP contribution in [0.4, 0.5) is 0 Å². The van der Waals surface area contributed by atoms with Gasteiger partial charge in [-0.3, -0.25) is 9.59 Å². The van der Waals surface area contributed by atoms with Gasteiger partial charge < -0.3 is 10.1 Å². The number of ketones is 1. The summed E-state index contributed by atoms with van der Waals surface area (Å²) in [5, 5.41) is 2.77. The molecule has 0 bridgehead atoms. The first-order valence-electron chi connectivity index (χ1n) is 7.08. The minimum Gasteiger partial charge on any atom is -0.494 e. The molecule has 0 aliphatic heterocycles. The Morgan fingerprint density at radius 3 is 2.35 bits per heavy atom. The van der Waals surface area contributed by atoms with Crippen LogP contribution in [0.5, 0.6) is 5.75 Å². The molecule has 0 atom stereocenters. The molecule has 0 fully saturated rings. The van der Waals surface area contributed by atoms with Gasteiger partial charge in [0.25, 0.3) is 0 Å². The van der Waals surface area contributed by atoms with E-state index in [0.717, 1.165) is 12.2 Å². The van der Waals surface area contributed by atoms with E-state index >= 15 is 0 Å². The summed E-state index contributed by atoms with van der Waals surface area (Å²) in [4.78, 5) is 23.4. The van der Waals surface area contributed by atoms with Gasteiger partial charge in [0, 0.05) is 24.4 Å². The summed E-state index contributed by atoms with van der Waals surface area (Å²) in [5.74, 6) is 0.656. The molecule has 110 valence electrons. The molecule has 0 saturated carbocycles. The van der Waals surface area contributed by atoms with E-state index in [-0.39, 0.29) is 30.6 Å². The summed E-state index contributed by atoms with van der Waals surface area (Å²) < 4.78 is 5.46. The van der Waals surface area contributed by atoms with Crippen molar-refractivity contribution in [3.63, 3.8) is 0 Å². The normalized spacial score (nSPS) is 10.4. The average Bonchev–Trinajstić information content (AvgIpc) is 2.42. The number of rotatable bonds is 8. The van der Waals surface area contributed by atoms with Crippen molar-refractivity contribution < 1.29 is 14.3 Å². The van der Waals surface area contributed by atoms with E-state index in [4.69, 9.17) is 4.74 Å². The van der Waals surface area contributed by atoms with Crippen LogP contribution in [0, 0.1) is 0 Å². The Labute approximate surface area is 120 Å². The van der Waals surface area contributed by atoms with Gasteiger partial charge in [0.2, 0.25) is 5.91 Å². The van der Waals surface area contributed by atoms with Gasteiger partial charge in [-0.25, -0.2) is 0 Å².